The maximum Gasteiger partial charge on any atom is 0.322 e. The number of halogens is 2. The molecule has 7 nitrogen and oxygen atoms in total. The Morgan fingerprint density at radius 1 is 1.12 bits per heavy atom. The van der Waals surface area contributed by atoms with Crippen LogP contribution in [0.3, 0.4) is 0 Å². The van der Waals surface area contributed by atoms with Crippen LogP contribution in [0.4, 0.5) is 20.7 Å². The van der Waals surface area contributed by atoms with E-state index in [9.17, 15) is 14.0 Å². The van der Waals surface area contributed by atoms with Gasteiger partial charge in [0.2, 0.25) is 5.91 Å². The number of hydrogen-bond donors (Lipinski definition) is 2. The van der Waals surface area contributed by atoms with Gasteiger partial charge in [-0.1, -0.05) is 50.6 Å². The summed E-state index contributed by atoms with van der Waals surface area (Å²) < 4.78 is 15.0. The Morgan fingerprint density at radius 2 is 1.82 bits per heavy atom. The molecule has 3 rings (SSSR count). The second-order valence-corrected chi connectivity index (χ2v) is 9.23. The highest BCUT2D eigenvalue weighted by atomic mass is 35.5. The number of nitrogens with zero attached hydrogens (tertiary/aromatic N) is 3. The molecule has 0 aliphatic rings. The van der Waals surface area contributed by atoms with E-state index < -0.39 is 11.8 Å². The van der Waals surface area contributed by atoms with Gasteiger partial charge >= 0.3 is 6.03 Å². The number of nitrogens with one attached hydrogen (secondary N) is 2. The Hall–Kier alpha value is -3.39. The van der Waals surface area contributed by atoms with Crippen molar-refractivity contribution in [1.29, 1.82) is 0 Å². The van der Waals surface area contributed by atoms with Gasteiger partial charge in [-0.2, -0.15) is 5.10 Å². The number of amides is 3. The van der Waals surface area contributed by atoms with Gasteiger partial charge in [0.25, 0.3) is 0 Å². The summed E-state index contributed by atoms with van der Waals surface area (Å²) >= 11 is 5.75. The summed E-state index contributed by atoms with van der Waals surface area (Å²) in [4.78, 5) is 26.4. The topological polar surface area (TPSA) is 79.3 Å². The van der Waals surface area contributed by atoms with Gasteiger partial charge in [-0.15, -0.1) is 0 Å². The molecule has 0 fully saturated rings. The maximum atomic E-state index is 13.3. The van der Waals surface area contributed by atoms with Gasteiger partial charge in [0, 0.05) is 24.2 Å². The number of aryl methyl sites for hydroxylation is 1. The van der Waals surface area contributed by atoms with Crippen LogP contribution in [0.5, 0.6) is 0 Å². The van der Waals surface area contributed by atoms with Crippen LogP contribution < -0.4 is 10.6 Å². The van der Waals surface area contributed by atoms with E-state index in [4.69, 9.17) is 16.7 Å². The smallest absolute Gasteiger partial charge is 0.318 e. The summed E-state index contributed by atoms with van der Waals surface area (Å²) in [7, 11) is 1.49. The number of para-hydroxylation sites is 1. The van der Waals surface area contributed by atoms with Crippen LogP contribution in [0, 0.1) is 12.7 Å². The van der Waals surface area contributed by atoms with Gasteiger partial charge in [-0.25, -0.2) is 13.9 Å². The van der Waals surface area contributed by atoms with Crippen molar-refractivity contribution >= 4 is 35.0 Å². The van der Waals surface area contributed by atoms with Crippen molar-refractivity contribution in [3.05, 3.63) is 70.6 Å². The zero-order chi connectivity index (χ0) is 24.3. The van der Waals surface area contributed by atoms with Crippen molar-refractivity contribution in [2.45, 2.75) is 33.1 Å². The van der Waals surface area contributed by atoms with Crippen LogP contribution in [-0.2, 0) is 10.2 Å². The van der Waals surface area contributed by atoms with Gasteiger partial charge in [0.15, 0.2) is 0 Å². The van der Waals surface area contributed by atoms with E-state index >= 15 is 0 Å². The summed E-state index contributed by atoms with van der Waals surface area (Å²) in [6.07, 6.45) is 0. The minimum Gasteiger partial charge on any atom is -0.318 e. The summed E-state index contributed by atoms with van der Waals surface area (Å²) in [6.45, 7) is 7.90. The molecular weight excluding hydrogens is 445 g/mol. The Morgan fingerprint density at radius 3 is 2.45 bits per heavy atom. The molecule has 0 aliphatic heterocycles. The fraction of sp³-hybridized carbons (Fsp3) is 0.292. The molecular formula is C24H27ClFN5O2. The van der Waals surface area contributed by atoms with E-state index in [1.807, 2.05) is 58.0 Å². The third kappa shape index (κ3) is 5.90. The average molecular weight is 472 g/mol. The lowest BCUT2D eigenvalue weighted by molar-refractivity contribution is -0.116. The van der Waals surface area contributed by atoms with Crippen molar-refractivity contribution in [3.8, 4) is 5.69 Å². The SMILES string of the molecule is Cc1ccccc1-n1nc(C(C)(C)C)cc1NC(=O)CN(C)C(=O)Nc1ccc(F)c(Cl)c1. The van der Waals surface area contributed by atoms with Crippen LogP contribution in [0.15, 0.2) is 48.5 Å². The van der Waals surface area contributed by atoms with E-state index in [2.05, 4.69) is 10.6 Å². The van der Waals surface area contributed by atoms with Crippen LogP contribution in [0.25, 0.3) is 5.69 Å². The molecule has 0 spiro atoms. The first-order chi connectivity index (χ1) is 15.5. The number of anilines is 2. The van der Waals surface area contributed by atoms with E-state index in [-0.39, 0.29) is 22.9 Å². The van der Waals surface area contributed by atoms with Crippen LogP contribution in [-0.4, -0.2) is 40.2 Å². The lowest BCUT2D eigenvalue weighted by atomic mass is 9.92. The molecule has 2 N–H and O–H groups in total. The Bertz CT molecular complexity index is 1190. The van der Waals surface area contributed by atoms with Crippen LogP contribution >= 0.6 is 11.6 Å². The fourth-order valence-electron chi connectivity index (χ4n) is 3.08. The Labute approximate surface area is 197 Å². The minimum atomic E-state index is -0.581. The number of hydrogen-bond acceptors (Lipinski definition) is 3. The Kier molecular flexibility index (Phi) is 7.07. The molecule has 0 atom stereocenters. The summed E-state index contributed by atoms with van der Waals surface area (Å²) in [5.74, 6) is -0.458. The number of carbonyl (C=O) groups is 2. The quantitative estimate of drug-likeness (QED) is 0.524. The lowest BCUT2D eigenvalue weighted by Gasteiger charge is -2.18. The molecule has 174 valence electrons. The number of urea groups is 1. The molecule has 0 bridgehead atoms. The first kappa shape index (κ1) is 24.3. The fourth-order valence-corrected chi connectivity index (χ4v) is 3.26. The molecule has 0 radical (unpaired) electrons. The summed E-state index contributed by atoms with van der Waals surface area (Å²) in [5.41, 5.74) is 2.78. The van der Waals surface area contributed by atoms with Gasteiger partial charge < -0.3 is 15.5 Å². The standard InChI is InChI=1S/C24H27ClFN5O2/c1-15-8-6-7-9-19(15)31-21(13-20(29-31)24(2,3)4)28-22(32)14-30(5)23(33)27-16-10-11-18(26)17(25)12-16/h6-13H,14H2,1-5H3,(H,27,33)(H,28,32). The molecule has 1 heterocycles. The normalized spacial score (nSPS) is 11.2. The highest BCUT2D eigenvalue weighted by Crippen LogP contribution is 2.27. The predicted molar refractivity (Wildman–Crippen MR) is 129 cm³/mol. The first-order valence-electron chi connectivity index (χ1n) is 10.4. The summed E-state index contributed by atoms with van der Waals surface area (Å²) in [5, 5.41) is 10.1. The molecule has 3 aromatic rings. The molecule has 1 aromatic heterocycles. The van der Waals surface area contributed by atoms with Gasteiger partial charge in [-0.3, -0.25) is 4.79 Å². The third-order valence-corrected chi connectivity index (χ3v) is 5.28. The summed E-state index contributed by atoms with van der Waals surface area (Å²) in [6, 6.07) is 12.9. The van der Waals surface area contributed by atoms with E-state index in [0.29, 0.717) is 11.5 Å². The van der Waals surface area contributed by atoms with Crippen molar-refractivity contribution < 1.29 is 14.0 Å². The van der Waals surface area contributed by atoms with Crippen LogP contribution in [0.1, 0.15) is 32.0 Å². The molecule has 3 amide bonds. The number of benzene rings is 2. The number of aromatic nitrogens is 2. The second-order valence-electron chi connectivity index (χ2n) is 8.83. The molecule has 0 unspecified atom stereocenters. The van der Waals surface area contributed by atoms with Crippen molar-refractivity contribution in [2.75, 3.05) is 24.2 Å². The number of rotatable bonds is 5. The van der Waals surface area contributed by atoms with Crippen molar-refractivity contribution in [1.82, 2.24) is 14.7 Å². The van der Waals surface area contributed by atoms with E-state index in [1.165, 1.54) is 24.1 Å². The minimum absolute atomic E-state index is 0.104. The molecule has 0 saturated heterocycles. The van der Waals surface area contributed by atoms with E-state index in [0.717, 1.165) is 23.0 Å². The van der Waals surface area contributed by atoms with Crippen molar-refractivity contribution in [3.63, 3.8) is 0 Å². The maximum absolute atomic E-state index is 13.3. The Balaban J connectivity index is 1.75. The van der Waals surface area contributed by atoms with Gasteiger partial charge in [0.1, 0.15) is 18.2 Å². The van der Waals surface area contributed by atoms with Crippen molar-refractivity contribution in [2.24, 2.45) is 0 Å². The highest BCUT2D eigenvalue weighted by Gasteiger charge is 2.23. The first-order valence-corrected chi connectivity index (χ1v) is 10.8. The number of likely N-dealkylation sites (N-methyl/N-ethyl adjacent to an activating group) is 1. The van der Waals surface area contributed by atoms with E-state index in [1.54, 1.807) is 4.68 Å². The monoisotopic (exact) mass is 471 g/mol. The zero-order valence-electron chi connectivity index (χ0n) is 19.2. The highest BCUT2D eigenvalue weighted by molar-refractivity contribution is 6.31. The van der Waals surface area contributed by atoms with Gasteiger partial charge in [0.05, 0.1) is 16.4 Å². The number of carbonyl (C=O) groups excluding carboxylic acids is 2. The molecule has 0 saturated carbocycles. The molecule has 2 aromatic carbocycles. The molecule has 33 heavy (non-hydrogen) atoms. The third-order valence-electron chi connectivity index (χ3n) is 4.99. The van der Waals surface area contributed by atoms with Crippen LogP contribution in [0.2, 0.25) is 5.02 Å². The molecule has 9 heteroatoms. The molecule has 0 aliphatic carbocycles. The predicted octanol–water partition coefficient (Wildman–Crippen LogP) is 5.37. The second kappa shape index (κ2) is 9.62. The zero-order valence-corrected chi connectivity index (χ0v) is 20.0. The average Bonchev–Trinajstić information content (AvgIpc) is 3.15. The largest absolute Gasteiger partial charge is 0.322 e. The van der Waals surface area contributed by atoms with Gasteiger partial charge in [-0.05, 0) is 36.8 Å². The lowest BCUT2D eigenvalue weighted by Crippen LogP contribution is -2.37.